The van der Waals surface area contributed by atoms with Gasteiger partial charge >= 0.3 is 5.97 Å². The third kappa shape index (κ3) is 4.94. The van der Waals surface area contributed by atoms with Gasteiger partial charge < -0.3 is 5.11 Å². The summed E-state index contributed by atoms with van der Waals surface area (Å²) in [6.45, 7) is 4.00. The van der Waals surface area contributed by atoms with Gasteiger partial charge in [-0.2, -0.15) is 0 Å². The van der Waals surface area contributed by atoms with Crippen molar-refractivity contribution in [3.63, 3.8) is 0 Å². The number of carboxylic acids is 1. The van der Waals surface area contributed by atoms with Crippen molar-refractivity contribution < 1.29 is 9.90 Å². The SMILES string of the molecule is CCCC[C@H](CC)C(=O)O.[Fm]. The Morgan fingerprint density at radius 3 is 2.27 bits per heavy atom. The first-order chi connectivity index (χ1) is 4.72. The number of aliphatic carboxylic acids is 1. The smallest absolute Gasteiger partial charge is 0.306 e. The summed E-state index contributed by atoms with van der Waals surface area (Å²) in [5.74, 6) is -0.754. The van der Waals surface area contributed by atoms with Crippen LogP contribution in [0.3, 0.4) is 0 Å². The van der Waals surface area contributed by atoms with Crippen LogP contribution in [0.2, 0.25) is 0 Å². The van der Waals surface area contributed by atoms with Gasteiger partial charge in [-0.15, -0.1) is 0 Å². The van der Waals surface area contributed by atoms with Crippen molar-refractivity contribution in [1.82, 2.24) is 0 Å². The summed E-state index contributed by atoms with van der Waals surface area (Å²) < 4.78 is 0. The molecule has 0 aliphatic heterocycles. The van der Waals surface area contributed by atoms with Crippen molar-refractivity contribution in [2.45, 2.75) is 39.5 Å². The van der Waals surface area contributed by atoms with Gasteiger partial charge in [0.1, 0.15) is 0 Å². The van der Waals surface area contributed by atoms with Gasteiger partial charge in [-0.25, -0.2) is 0 Å². The Morgan fingerprint density at radius 2 is 2.00 bits per heavy atom. The third-order valence-electron chi connectivity index (χ3n) is 1.75. The fourth-order valence-corrected chi connectivity index (χ4v) is 0.953. The maximum absolute atomic E-state index is 10.4. The predicted octanol–water partition coefficient (Wildman–Crippen LogP) is 2.29. The number of hydrogen-bond donors (Lipinski definition) is 1. The van der Waals surface area contributed by atoms with E-state index in [0.29, 0.717) is 0 Å². The van der Waals surface area contributed by atoms with Crippen LogP contribution in [0.5, 0.6) is 0 Å². The van der Waals surface area contributed by atoms with Gasteiger partial charge in [0.25, 0.3) is 0 Å². The van der Waals surface area contributed by atoms with Gasteiger partial charge in [0, 0.05) is 0 Å². The van der Waals surface area contributed by atoms with Crippen LogP contribution in [0, 0.1) is 5.92 Å². The first-order valence-corrected chi connectivity index (χ1v) is 3.95. The van der Waals surface area contributed by atoms with Gasteiger partial charge in [-0.1, -0.05) is 26.7 Å². The summed E-state index contributed by atoms with van der Waals surface area (Å²) in [7, 11) is 0. The van der Waals surface area contributed by atoms with Crippen LogP contribution in [0.4, 0.5) is 0 Å². The fraction of sp³-hybridized carbons (Fsp3) is 0.875. The number of rotatable bonds is 5. The fourth-order valence-electron chi connectivity index (χ4n) is 0.953. The standard InChI is InChI=1S/C8H16O2.Fm/c1-3-5-6-7(4-2)8(9)10;/h7H,3-6H2,1-2H3,(H,9,10);/t7-;/m0./s1. The Hall–Kier alpha value is -1.53. The monoisotopic (exact) mass is 401 g/mol. The quantitative estimate of drug-likeness (QED) is 0.768. The summed E-state index contributed by atoms with van der Waals surface area (Å²) in [6.07, 6.45) is 3.71. The molecule has 0 saturated heterocycles. The summed E-state index contributed by atoms with van der Waals surface area (Å²) in [4.78, 5) is 10.4. The molecular weight excluding hydrogens is 385 g/mol. The molecule has 1 atom stereocenters. The van der Waals surface area contributed by atoms with Crippen molar-refractivity contribution in [3.05, 3.63) is 0 Å². The molecule has 2 nitrogen and oxygen atoms in total. The second kappa shape index (κ2) is 6.59. The van der Waals surface area contributed by atoms with E-state index in [-0.39, 0.29) is 5.92 Å². The normalized spacial score (nSPS) is 11.8. The Morgan fingerprint density at radius 1 is 1.45 bits per heavy atom. The van der Waals surface area contributed by atoms with Crippen molar-refractivity contribution in [3.8, 4) is 0 Å². The minimum Gasteiger partial charge on any atom is -0.481 e. The number of carbonyl (C=O) groups is 1. The molecule has 0 radical (unpaired) electrons. The maximum Gasteiger partial charge on any atom is 0.306 e. The largest absolute Gasteiger partial charge is 0.481 e. The Kier molecular flexibility index (Phi) is 7.29. The van der Waals surface area contributed by atoms with E-state index in [1.807, 2.05) is 6.92 Å². The second-order valence-electron chi connectivity index (χ2n) is 2.59. The first-order valence-electron chi connectivity index (χ1n) is 3.95. The van der Waals surface area contributed by atoms with Crippen LogP contribution in [0.25, 0.3) is 0 Å². The molecule has 0 spiro atoms. The van der Waals surface area contributed by atoms with Crippen molar-refractivity contribution in [2.24, 2.45) is 5.92 Å². The molecule has 0 aliphatic carbocycles. The molecule has 0 rings (SSSR count). The van der Waals surface area contributed by atoms with E-state index < -0.39 is 5.97 Å². The predicted molar refractivity (Wildman–Crippen MR) is 40.9 cm³/mol. The molecule has 3 heteroatoms. The summed E-state index contributed by atoms with van der Waals surface area (Å²) in [5, 5.41) is 8.60. The van der Waals surface area contributed by atoms with Gasteiger partial charge in [-0.3, -0.25) is 4.79 Å². The molecule has 0 aromatic carbocycles. The average Bonchev–Trinajstić information content (AvgIpc) is 1.89. The topological polar surface area (TPSA) is 37.3 Å². The van der Waals surface area contributed by atoms with Crippen LogP contribution < -0.4 is 0 Å². The van der Waals surface area contributed by atoms with Crippen LogP contribution in [-0.4, -0.2) is 11.1 Å². The van der Waals surface area contributed by atoms with E-state index in [0.717, 1.165) is 25.7 Å². The number of unbranched alkanes of at least 4 members (excludes halogenated alkanes) is 1. The molecular formula is C8H16FmO2. The van der Waals surface area contributed by atoms with Crippen LogP contribution in [-0.2, 0) is 4.79 Å². The minimum atomic E-state index is -0.643. The zero-order valence-electron chi connectivity index (χ0n) is 7.05. The minimum absolute atomic E-state index is 0. The summed E-state index contributed by atoms with van der Waals surface area (Å²) in [6, 6.07) is 0. The van der Waals surface area contributed by atoms with E-state index >= 15 is 0 Å². The van der Waals surface area contributed by atoms with E-state index in [1.54, 1.807) is 0 Å². The van der Waals surface area contributed by atoms with Crippen molar-refractivity contribution in [2.75, 3.05) is 0 Å². The Balaban J connectivity index is 0. The van der Waals surface area contributed by atoms with Crippen molar-refractivity contribution in [1.29, 1.82) is 0 Å². The second-order valence-corrected chi connectivity index (χ2v) is 2.59. The molecule has 0 aromatic rings. The molecule has 0 fully saturated rings. The van der Waals surface area contributed by atoms with Gasteiger partial charge in [0.2, 0.25) is 0 Å². The van der Waals surface area contributed by atoms with Crippen LogP contribution in [0.15, 0.2) is 0 Å². The molecule has 11 heavy (non-hydrogen) atoms. The Bertz CT molecular complexity index is 104. The molecule has 0 amide bonds. The Labute approximate surface area is 62.2 Å². The molecule has 0 unspecified atom stereocenters. The van der Waals surface area contributed by atoms with E-state index in [9.17, 15) is 4.79 Å². The van der Waals surface area contributed by atoms with Gasteiger partial charge in [0.05, 0.1) is 5.92 Å². The van der Waals surface area contributed by atoms with Gasteiger partial charge in [0.15, 0.2) is 0 Å². The molecule has 72 valence electrons. The third-order valence-corrected chi connectivity index (χ3v) is 1.75. The molecule has 0 aliphatic rings. The summed E-state index contributed by atoms with van der Waals surface area (Å²) in [5.41, 5.74) is 0. The van der Waals surface area contributed by atoms with Crippen LogP contribution >= 0.6 is 0 Å². The molecule has 1 N–H and O–H groups in total. The van der Waals surface area contributed by atoms with Gasteiger partial charge in [-0.05, 0) is 12.8 Å². The van der Waals surface area contributed by atoms with E-state index in [4.69, 9.17) is 5.11 Å². The summed E-state index contributed by atoms with van der Waals surface area (Å²) >= 11 is 0. The average molecular weight is 401 g/mol. The molecule has 0 saturated carbocycles. The zero-order chi connectivity index (χ0) is 7.98. The molecule has 0 bridgehead atoms. The number of hydrogen-bond acceptors (Lipinski definition) is 1. The number of carboxylic acid groups (broad SMARTS) is 1. The van der Waals surface area contributed by atoms with Crippen LogP contribution in [0.1, 0.15) is 39.5 Å². The maximum atomic E-state index is 10.4. The van der Waals surface area contributed by atoms with E-state index in [2.05, 4.69) is 6.92 Å². The van der Waals surface area contributed by atoms with Crippen molar-refractivity contribution >= 4 is 5.97 Å². The molecule has 0 heterocycles. The van der Waals surface area contributed by atoms with E-state index in [1.165, 1.54) is 0 Å². The molecule has 0 aromatic heterocycles. The first kappa shape index (κ1) is 12.2. The zero-order valence-corrected chi connectivity index (χ0v) is 9.45.